The van der Waals surface area contributed by atoms with Gasteiger partial charge < -0.3 is 18.9 Å². The fourth-order valence-corrected chi connectivity index (χ4v) is 2.48. The van der Waals surface area contributed by atoms with Crippen LogP contribution < -0.4 is 4.90 Å². The van der Waals surface area contributed by atoms with Gasteiger partial charge in [0.1, 0.15) is 6.33 Å². The van der Waals surface area contributed by atoms with Crippen LogP contribution in [0.15, 0.2) is 12.7 Å². The SMILES string of the molecule is CN(C)c1ncnc2c1ncn2CCO[C@@H]1CCCCO1. The molecule has 1 aliphatic heterocycles. The Morgan fingerprint density at radius 2 is 2.24 bits per heavy atom. The van der Waals surface area contributed by atoms with Crippen LogP contribution in [0.25, 0.3) is 11.2 Å². The zero-order valence-corrected chi connectivity index (χ0v) is 12.5. The zero-order chi connectivity index (χ0) is 14.7. The van der Waals surface area contributed by atoms with Gasteiger partial charge in [0.15, 0.2) is 23.3 Å². The molecule has 0 bridgehead atoms. The van der Waals surface area contributed by atoms with Gasteiger partial charge in [-0.3, -0.25) is 0 Å². The Labute approximate surface area is 123 Å². The van der Waals surface area contributed by atoms with E-state index in [1.807, 2.05) is 23.6 Å². The highest BCUT2D eigenvalue weighted by atomic mass is 16.7. The first-order chi connectivity index (χ1) is 10.3. The van der Waals surface area contributed by atoms with Crippen LogP contribution in [0.2, 0.25) is 0 Å². The number of anilines is 1. The summed E-state index contributed by atoms with van der Waals surface area (Å²) >= 11 is 0. The predicted molar refractivity (Wildman–Crippen MR) is 79.2 cm³/mol. The summed E-state index contributed by atoms with van der Waals surface area (Å²) in [6, 6.07) is 0. The van der Waals surface area contributed by atoms with E-state index in [0.717, 1.165) is 36.4 Å². The van der Waals surface area contributed by atoms with Gasteiger partial charge in [-0.1, -0.05) is 0 Å². The first kappa shape index (κ1) is 14.2. The molecule has 0 amide bonds. The highest BCUT2D eigenvalue weighted by Crippen LogP contribution is 2.19. The van der Waals surface area contributed by atoms with E-state index >= 15 is 0 Å². The predicted octanol–water partition coefficient (Wildman–Crippen LogP) is 1.44. The molecule has 0 spiro atoms. The minimum atomic E-state index is -0.0551. The lowest BCUT2D eigenvalue weighted by molar-refractivity contribution is -0.163. The van der Waals surface area contributed by atoms with Gasteiger partial charge in [0, 0.05) is 27.2 Å². The molecular weight excluding hydrogens is 270 g/mol. The third-order valence-electron chi connectivity index (χ3n) is 3.58. The highest BCUT2D eigenvalue weighted by Gasteiger charge is 2.15. The number of aromatic nitrogens is 4. The van der Waals surface area contributed by atoms with E-state index in [4.69, 9.17) is 9.47 Å². The lowest BCUT2D eigenvalue weighted by Crippen LogP contribution is -2.23. The number of imidazole rings is 1. The van der Waals surface area contributed by atoms with Crippen LogP contribution in [0.3, 0.4) is 0 Å². The monoisotopic (exact) mass is 291 g/mol. The van der Waals surface area contributed by atoms with E-state index in [2.05, 4.69) is 15.0 Å². The van der Waals surface area contributed by atoms with Gasteiger partial charge in [-0.15, -0.1) is 0 Å². The van der Waals surface area contributed by atoms with Crippen LogP contribution in [0, 0.1) is 0 Å². The van der Waals surface area contributed by atoms with Crippen molar-refractivity contribution in [3.8, 4) is 0 Å². The minimum absolute atomic E-state index is 0.0551. The molecular formula is C14H21N5O2. The van der Waals surface area contributed by atoms with Crippen molar-refractivity contribution in [2.75, 3.05) is 32.2 Å². The van der Waals surface area contributed by atoms with E-state index in [1.54, 1.807) is 12.7 Å². The summed E-state index contributed by atoms with van der Waals surface area (Å²) in [5.74, 6) is 0.829. The number of hydrogen-bond donors (Lipinski definition) is 0. The maximum absolute atomic E-state index is 5.76. The van der Waals surface area contributed by atoms with Crippen LogP contribution >= 0.6 is 0 Å². The Morgan fingerprint density at radius 1 is 1.33 bits per heavy atom. The molecule has 1 aliphatic rings. The molecule has 0 N–H and O–H groups in total. The van der Waals surface area contributed by atoms with Gasteiger partial charge in [-0.25, -0.2) is 15.0 Å². The van der Waals surface area contributed by atoms with Crippen molar-refractivity contribution < 1.29 is 9.47 Å². The summed E-state index contributed by atoms with van der Waals surface area (Å²) in [5.41, 5.74) is 1.65. The lowest BCUT2D eigenvalue weighted by atomic mass is 10.2. The molecule has 1 saturated heterocycles. The van der Waals surface area contributed by atoms with Gasteiger partial charge in [0.2, 0.25) is 0 Å². The smallest absolute Gasteiger partial charge is 0.165 e. The van der Waals surface area contributed by atoms with Crippen molar-refractivity contribution in [1.82, 2.24) is 19.5 Å². The summed E-state index contributed by atoms with van der Waals surface area (Å²) in [6.07, 6.45) is 6.60. The molecule has 7 heteroatoms. The third-order valence-corrected chi connectivity index (χ3v) is 3.58. The fraction of sp³-hybridized carbons (Fsp3) is 0.643. The van der Waals surface area contributed by atoms with E-state index in [-0.39, 0.29) is 6.29 Å². The van der Waals surface area contributed by atoms with Crippen molar-refractivity contribution in [3.05, 3.63) is 12.7 Å². The molecule has 1 atom stereocenters. The van der Waals surface area contributed by atoms with Gasteiger partial charge >= 0.3 is 0 Å². The van der Waals surface area contributed by atoms with Crippen LogP contribution in [-0.4, -0.2) is 53.1 Å². The van der Waals surface area contributed by atoms with Crippen molar-refractivity contribution in [1.29, 1.82) is 0 Å². The summed E-state index contributed by atoms with van der Waals surface area (Å²) < 4.78 is 13.3. The maximum Gasteiger partial charge on any atom is 0.165 e. The first-order valence-electron chi connectivity index (χ1n) is 7.32. The van der Waals surface area contributed by atoms with Crippen molar-refractivity contribution in [2.24, 2.45) is 0 Å². The second kappa shape index (κ2) is 6.36. The fourth-order valence-electron chi connectivity index (χ4n) is 2.48. The molecule has 0 saturated carbocycles. The molecule has 0 aliphatic carbocycles. The lowest BCUT2D eigenvalue weighted by Gasteiger charge is -2.22. The summed E-state index contributed by atoms with van der Waals surface area (Å²) in [5, 5.41) is 0. The van der Waals surface area contributed by atoms with Crippen molar-refractivity contribution >= 4 is 17.0 Å². The molecule has 0 radical (unpaired) electrons. The normalized spacial score (nSPS) is 19.0. The van der Waals surface area contributed by atoms with Crippen LogP contribution in [0.5, 0.6) is 0 Å². The van der Waals surface area contributed by atoms with Crippen molar-refractivity contribution in [3.63, 3.8) is 0 Å². The Kier molecular flexibility index (Phi) is 4.31. The molecule has 2 aromatic heterocycles. The average molecular weight is 291 g/mol. The number of hydrogen-bond acceptors (Lipinski definition) is 6. The second-order valence-electron chi connectivity index (χ2n) is 5.37. The molecule has 21 heavy (non-hydrogen) atoms. The summed E-state index contributed by atoms with van der Waals surface area (Å²) in [4.78, 5) is 14.9. The van der Waals surface area contributed by atoms with E-state index in [9.17, 15) is 0 Å². The molecule has 3 heterocycles. The number of fused-ring (bicyclic) bond motifs is 1. The molecule has 0 aromatic carbocycles. The molecule has 1 fully saturated rings. The van der Waals surface area contributed by atoms with Gasteiger partial charge in [-0.05, 0) is 19.3 Å². The quantitative estimate of drug-likeness (QED) is 0.830. The maximum atomic E-state index is 5.76. The van der Waals surface area contributed by atoms with Gasteiger partial charge in [-0.2, -0.15) is 0 Å². The summed E-state index contributed by atoms with van der Waals surface area (Å²) in [6.45, 7) is 2.11. The summed E-state index contributed by atoms with van der Waals surface area (Å²) in [7, 11) is 3.90. The zero-order valence-electron chi connectivity index (χ0n) is 12.5. The first-order valence-corrected chi connectivity index (χ1v) is 7.32. The topological polar surface area (TPSA) is 65.3 Å². The number of ether oxygens (including phenoxy) is 2. The molecule has 0 unspecified atom stereocenters. The Balaban J connectivity index is 1.65. The van der Waals surface area contributed by atoms with Gasteiger partial charge in [0.25, 0.3) is 0 Å². The molecule has 114 valence electrons. The second-order valence-corrected chi connectivity index (χ2v) is 5.37. The van der Waals surface area contributed by atoms with Gasteiger partial charge in [0.05, 0.1) is 12.9 Å². The van der Waals surface area contributed by atoms with Crippen LogP contribution in [-0.2, 0) is 16.0 Å². The minimum Gasteiger partial charge on any atom is -0.361 e. The Hall–Kier alpha value is -1.73. The molecule has 3 rings (SSSR count). The van der Waals surface area contributed by atoms with Crippen LogP contribution in [0.4, 0.5) is 5.82 Å². The average Bonchev–Trinajstić information content (AvgIpc) is 2.91. The molecule has 2 aromatic rings. The van der Waals surface area contributed by atoms with E-state index in [0.29, 0.717) is 13.2 Å². The largest absolute Gasteiger partial charge is 0.361 e. The standard InChI is InChI=1S/C14H21N5O2/c1-18(2)13-12-14(16-9-15-13)19(10-17-12)6-8-21-11-5-3-4-7-20-11/h9-11H,3-8H2,1-2H3/t11-/m1/s1. The van der Waals surface area contributed by atoms with E-state index in [1.165, 1.54) is 6.42 Å². The Morgan fingerprint density at radius 3 is 3.00 bits per heavy atom. The van der Waals surface area contributed by atoms with Crippen molar-refractivity contribution in [2.45, 2.75) is 32.1 Å². The Bertz CT molecular complexity index is 592. The number of nitrogens with zero attached hydrogens (tertiary/aromatic N) is 5. The highest BCUT2D eigenvalue weighted by molar-refractivity contribution is 5.82. The molecule has 7 nitrogen and oxygen atoms in total. The number of rotatable bonds is 5. The third kappa shape index (κ3) is 3.14. The van der Waals surface area contributed by atoms with Crippen LogP contribution in [0.1, 0.15) is 19.3 Å². The van der Waals surface area contributed by atoms with E-state index < -0.39 is 0 Å².